The van der Waals surface area contributed by atoms with Gasteiger partial charge in [0.25, 0.3) is 5.91 Å². The number of nitrogens with zero attached hydrogens (tertiary/aromatic N) is 1. The van der Waals surface area contributed by atoms with E-state index in [0.717, 1.165) is 6.07 Å². The number of alkyl halides is 2. The standard InChI is InChI=1S/C22H16Cl4FN3O2/c23-13-5-12(6-14(27)7-13)18-21(11-31,22(18,25)26)10-29-15-1-2-17(24)16(8-15)19(32)30-20(9-28)3-4-20/h1-2,5-8,11,18,29H,3-4,10H2,(H,30,32). The zero-order valence-electron chi connectivity index (χ0n) is 16.4. The summed E-state index contributed by atoms with van der Waals surface area (Å²) >= 11 is 25.0. The lowest BCUT2D eigenvalue weighted by molar-refractivity contribution is -0.112. The molecule has 0 heterocycles. The van der Waals surface area contributed by atoms with Gasteiger partial charge in [0.15, 0.2) is 0 Å². The quantitative estimate of drug-likeness (QED) is 0.378. The molecule has 2 N–H and O–H groups in total. The molecule has 2 aliphatic carbocycles. The van der Waals surface area contributed by atoms with Crippen molar-refractivity contribution in [2.75, 3.05) is 11.9 Å². The number of nitriles is 1. The van der Waals surface area contributed by atoms with Crippen LogP contribution in [0.5, 0.6) is 0 Å². The number of aldehydes is 1. The molecular formula is C22H16Cl4FN3O2. The van der Waals surface area contributed by atoms with Crippen LogP contribution >= 0.6 is 46.4 Å². The first-order chi connectivity index (χ1) is 15.1. The van der Waals surface area contributed by atoms with Crippen LogP contribution in [0.3, 0.4) is 0 Å². The van der Waals surface area contributed by atoms with Gasteiger partial charge in [-0.3, -0.25) is 4.79 Å². The number of benzene rings is 2. The SMILES string of the molecule is N#CC1(NC(=O)c2cc(NCC3(C=O)C(c4cc(F)cc(Cl)c4)C3(Cl)Cl)ccc2Cl)CC1. The Labute approximate surface area is 203 Å². The smallest absolute Gasteiger partial charge is 0.254 e. The summed E-state index contributed by atoms with van der Waals surface area (Å²) < 4.78 is 12.4. The predicted octanol–water partition coefficient (Wildman–Crippen LogP) is 5.49. The third-order valence-electron chi connectivity index (χ3n) is 5.96. The van der Waals surface area contributed by atoms with Crippen LogP contribution in [0.2, 0.25) is 10.0 Å². The van der Waals surface area contributed by atoms with E-state index >= 15 is 0 Å². The van der Waals surface area contributed by atoms with E-state index in [4.69, 9.17) is 46.4 Å². The summed E-state index contributed by atoms with van der Waals surface area (Å²) in [5.41, 5.74) is -0.985. The van der Waals surface area contributed by atoms with Crippen molar-refractivity contribution in [2.45, 2.75) is 28.6 Å². The van der Waals surface area contributed by atoms with Gasteiger partial charge in [-0.1, -0.05) is 46.4 Å². The molecule has 2 saturated carbocycles. The van der Waals surface area contributed by atoms with Crippen LogP contribution in [-0.4, -0.2) is 28.6 Å². The first-order valence-corrected chi connectivity index (χ1v) is 11.2. The lowest BCUT2D eigenvalue weighted by atomic mass is 10.00. The number of anilines is 1. The molecule has 2 unspecified atom stereocenters. The average molecular weight is 515 g/mol. The normalized spacial score (nSPS) is 24.2. The maximum atomic E-state index is 13.8. The van der Waals surface area contributed by atoms with Crippen LogP contribution in [-0.2, 0) is 4.79 Å². The Bertz CT molecular complexity index is 1140. The minimum atomic E-state index is -1.48. The Kier molecular flexibility index (Phi) is 5.83. The van der Waals surface area contributed by atoms with E-state index in [9.17, 15) is 19.2 Å². The van der Waals surface area contributed by atoms with E-state index in [0.29, 0.717) is 30.4 Å². The molecule has 0 aromatic heterocycles. The van der Waals surface area contributed by atoms with Crippen molar-refractivity contribution in [3.63, 3.8) is 0 Å². The van der Waals surface area contributed by atoms with Gasteiger partial charge in [-0.05, 0) is 54.8 Å². The Morgan fingerprint density at radius 3 is 2.53 bits per heavy atom. The molecule has 0 radical (unpaired) electrons. The van der Waals surface area contributed by atoms with Crippen molar-refractivity contribution in [3.05, 3.63) is 63.4 Å². The third-order valence-corrected chi connectivity index (χ3v) is 7.64. The summed E-state index contributed by atoms with van der Waals surface area (Å²) in [4.78, 5) is 24.6. The van der Waals surface area contributed by atoms with Crippen LogP contribution in [0.15, 0.2) is 36.4 Å². The molecule has 32 heavy (non-hydrogen) atoms. The number of rotatable bonds is 7. The molecule has 2 aromatic carbocycles. The van der Waals surface area contributed by atoms with E-state index in [1.165, 1.54) is 24.3 Å². The van der Waals surface area contributed by atoms with Gasteiger partial charge in [0.1, 0.15) is 22.0 Å². The highest BCUT2D eigenvalue weighted by Crippen LogP contribution is 2.73. The van der Waals surface area contributed by atoms with Crippen LogP contribution in [0, 0.1) is 22.6 Å². The lowest BCUT2D eigenvalue weighted by Gasteiger charge is -2.16. The second-order valence-corrected chi connectivity index (χ2v) is 10.3. The van der Waals surface area contributed by atoms with Gasteiger partial charge in [0.05, 0.1) is 22.1 Å². The molecule has 4 rings (SSSR count). The van der Waals surface area contributed by atoms with Gasteiger partial charge in [-0.2, -0.15) is 5.26 Å². The summed E-state index contributed by atoms with van der Waals surface area (Å²) in [6.07, 6.45) is 1.83. The minimum Gasteiger partial charge on any atom is -0.384 e. The van der Waals surface area contributed by atoms with E-state index in [2.05, 4.69) is 16.7 Å². The lowest BCUT2D eigenvalue weighted by Crippen LogP contribution is -2.35. The van der Waals surface area contributed by atoms with Crippen LogP contribution in [0.1, 0.15) is 34.7 Å². The van der Waals surface area contributed by atoms with E-state index in [-0.39, 0.29) is 22.2 Å². The van der Waals surface area contributed by atoms with Gasteiger partial charge < -0.3 is 15.4 Å². The maximum Gasteiger partial charge on any atom is 0.254 e. The number of carbonyl (C=O) groups excluding carboxylic acids is 2. The van der Waals surface area contributed by atoms with Gasteiger partial charge in [-0.15, -0.1) is 0 Å². The summed E-state index contributed by atoms with van der Waals surface area (Å²) in [5.74, 6) is -1.71. The first kappa shape index (κ1) is 23.1. The van der Waals surface area contributed by atoms with Gasteiger partial charge in [0, 0.05) is 23.2 Å². The zero-order chi connectivity index (χ0) is 23.3. The van der Waals surface area contributed by atoms with Gasteiger partial charge in [0.2, 0.25) is 0 Å². The number of halogens is 5. The number of nitrogens with one attached hydrogen (secondary N) is 2. The Morgan fingerprint density at radius 2 is 1.94 bits per heavy atom. The third kappa shape index (κ3) is 3.92. The van der Waals surface area contributed by atoms with Crippen molar-refractivity contribution in [1.29, 1.82) is 5.26 Å². The molecular weight excluding hydrogens is 499 g/mol. The average Bonchev–Trinajstić information content (AvgIpc) is 3.60. The van der Waals surface area contributed by atoms with E-state index in [1.807, 2.05) is 0 Å². The molecule has 10 heteroatoms. The summed E-state index contributed by atoms with van der Waals surface area (Å²) in [6.45, 7) is 0.0210. The van der Waals surface area contributed by atoms with Crippen LogP contribution < -0.4 is 10.6 Å². The fourth-order valence-corrected chi connectivity index (χ4v) is 5.27. The van der Waals surface area contributed by atoms with Crippen molar-refractivity contribution in [1.82, 2.24) is 5.32 Å². The molecule has 0 saturated heterocycles. The molecule has 2 aliphatic rings. The number of hydrogen-bond acceptors (Lipinski definition) is 4. The fourth-order valence-electron chi connectivity index (χ4n) is 3.87. The first-order valence-electron chi connectivity index (χ1n) is 9.65. The van der Waals surface area contributed by atoms with Crippen LogP contribution in [0.25, 0.3) is 0 Å². The largest absolute Gasteiger partial charge is 0.384 e. The highest BCUT2D eigenvalue weighted by molar-refractivity contribution is 6.54. The Morgan fingerprint density at radius 1 is 1.22 bits per heavy atom. The molecule has 0 spiro atoms. The number of carbonyl (C=O) groups is 2. The van der Waals surface area contributed by atoms with E-state index < -0.39 is 32.9 Å². The summed E-state index contributed by atoms with van der Waals surface area (Å²) in [6, 6.07) is 10.7. The van der Waals surface area contributed by atoms with Crippen molar-refractivity contribution >= 4 is 64.3 Å². The molecule has 166 valence electrons. The zero-order valence-corrected chi connectivity index (χ0v) is 19.4. The number of amides is 1. The van der Waals surface area contributed by atoms with E-state index in [1.54, 1.807) is 6.07 Å². The topological polar surface area (TPSA) is 82.0 Å². The predicted molar refractivity (Wildman–Crippen MR) is 122 cm³/mol. The summed E-state index contributed by atoms with van der Waals surface area (Å²) in [5, 5.41) is 15.3. The number of hydrogen-bond donors (Lipinski definition) is 2. The molecule has 0 aliphatic heterocycles. The van der Waals surface area contributed by atoms with Crippen molar-refractivity contribution in [3.8, 4) is 6.07 Å². The van der Waals surface area contributed by atoms with Crippen LogP contribution in [0.4, 0.5) is 10.1 Å². The monoisotopic (exact) mass is 513 g/mol. The molecule has 1 amide bonds. The highest BCUT2D eigenvalue weighted by atomic mass is 35.5. The van der Waals surface area contributed by atoms with Crippen molar-refractivity contribution in [2.24, 2.45) is 5.41 Å². The maximum absolute atomic E-state index is 13.8. The molecule has 5 nitrogen and oxygen atoms in total. The Balaban J connectivity index is 1.54. The Hall–Kier alpha value is -2.04. The fraction of sp³-hybridized carbons (Fsp3) is 0.318. The summed E-state index contributed by atoms with van der Waals surface area (Å²) in [7, 11) is 0. The minimum absolute atomic E-state index is 0.0210. The van der Waals surface area contributed by atoms with Gasteiger partial charge >= 0.3 is 0 Å². The molecule has 2 fully saturated rings. The highest BCUT2D eigenvalue weighted by Gasteiger charge is 2.76. The van der Waals surface area contributed by atoms with Crippen molar-refractivity contribution < 1.29 is 14.0 Å². The second-order valence-electron chi connectivity index (χ2n) is 8.11. The molecule has 2 atom stereocenters. The second kappa shape index (κ2) is 8.07. The van der Waals surface area contributed by atoms with Gasteiger partial charge in [-0.25, -0.2) is 4.39 Å². The molecule has 0 bridgehead atoms. The molecule has 2 aromatic rings.